The van der Waals surface area contributed by atoms with Crippen molar-refractivity contribution in [2.75, 3.05) is 37.7 Å². The number of piperidine rings is 1. The standard InChI is InChI=1S/C17H25N3OS/c18-15-7-4-8-20(13-15)17(21)16(14-5-2-1-3-6-14)19-9-11-22-12-10-19/h1-3,5-6,15-16H,4,7-13,18H2. The van der Waals surface area contributed by atoms with Crippen molar-refractivity contribution in [3.63, 3.8) is 0 Å². The highest BCUT2D eigenvalue weighted by Gasteiger charge is 2.33. The Morgan fingerprint density at radius 3 is 2.59 bits per heavy atom. The van der Waals surface area contributed by atoms with Gasteiger partial charge in [0.2, 0.25) is 5.91 Å². The number of carbonyl (C=O) groups is 1. The Hall–Kier alpha value is -1.04. The van der Waals surface area contributed by atoms with E-state index < -0.39 is 0 Å². The summed E-state index contributed by atoms with van der Waals surface area (Å²) in [5.41, 5.74) is 7.18. The van der Waals surface area contributed by atoms with Crippen LogP contribution in [0.5, 0.6) is 0 Å². The van der Waals surface area contributed by atoms with E-state index in [2.05, 4.69) is 17.0 Å². The number of benzene rings is 1. The molecule has 0 aromatic heterocycles. The minimum Gasteiger partial charge on any atom is -0.339 e. The fraction of sp³-hybridized carbons (Fsp3) is 0.588. The Balaban J connectivity index is 1.82. The van der Waals surface area contributed by atoms with Crippen molar-refractivity contribution in [2.45, 2.75) is 24.9 Å². The van der Waals surface area contributed by atoms with Gasteiger partial charge >= 0.3 is 0 Å². The fourth-order valence-corrected chi connectivity index (χ4v) is 4.30. The minimum absolute atomic E-state index is 0.131. The summed E-state index contributed by atoms with van der Waals surface area (Å²) < 4.78 is 0. The van der Waals surface area contributed by atoms with Crippen LogP contribution in [0.15, 0.2) is 30.3 Å². The molecule has 2 saturated heterocycles. The quantitative estimate of drug-likeness (QED) is 0.922. The molecule has 3 rings (SSSR count). The van der Waals surface area contributed by atoms with Crippen molar-refractivity contribution >= 4 is 17.7 Å². The summed E-state index contributed by atoms with van der Waals surface area (Å²) >= 11 is 1.97. The maximum Gasteiger partial charge on any atom is 0.244 e. The van der Waals surface area contributed by atoms with Crippen LogP contribution < -0.4 is 5.73 Å². The normalized spacial score (nSPS) is 25.0. The van der Waals surface area contributed by atoms with E-state index in [1.54, 1.807) is 0 Å². The SMILES string of the molecule is NC1CCCN(C(=O)C(c2ccccc2)N2CCSCC2)C1. The van der Waals surface area contributed by atoms with Crippen LogP contribution in [0.3, 0.4) is 0 Å². The topological polar surface area (TPSA) is 49.6 Å². The highest BCUT2D eigenvalue weighted by molar-refractivity contribution is 7.99. The summed E-state index contributed by atoms with van der Waals surface area (Å²) in [5.74, 6) is 2.44. The number of nitrogens with two attached hydrogens (primary N) is 1. The maximum atomic E-state index is 13.2. The highest BCUT2D eigenvalue weighted by atomic mass is 32.2. The third-order valence-corrected chi connectivity index (χ3v) is 5.47. The first-order valence-electron chi connectivity index (χ1n) is 8.17. The molecule has 2 aliphatic heterocycles. The van der Waals surface area contributed by atoms with Crippen LogP contribution in [-0.4, -0.2) is 59.4 Å². The molecule has 1 amide bonds. The van der Waals surface area contributed by atoms with E-state index in [1.807, 2.05) is 34.9 Å². The molecule has 1 aromatic carbocycles. The summed E-state index contributed by atoms with van der Waals surface area (Å²) in [4.78, 5) is 17.5. The number of rotatable bonds is 3. The number of nitrogens with zero attached hydrogens (tertiary/aromatic N) is 2. The van der Waals surface area contributed by atoms with Gasteiger partial charge in [0.1, 0.15) is 6.04 Å². The maximum absolute atomic E-state index is 13.2. The Morgan fingerprint density at radius 2 is 1.91 bits per heavy atom. The van der Waals surface area contributed by atoms with Crippen molar-refractivity contribution in [3.8, 4) is 0 Å². The van der Waals surface area contributed by atoms with E-state index >= 15 is 0 Å². The van der Waals surface area contributed by atoms with Gasteiger partial charge < -0.3 is 10.6 Å². The smallest absolute Gasteiger partial charge is 0.244 e. The van der Waals surface area contributed by atoms with Gasteiger partial charge in [-0.1, -0.05) is 30.3 Å². The average molecular weight is 319 g/mol. The van der Waals surface area contributed by atoms with Crippen molar-refractivity contribution in [2.24, 2.45) is 5.73 Å². The second kappa shape index (κ2) is 7.49. The van der Waals surface area contributed by atoms with Gasteiger partial charge in [-0.05, 0) is 18.4 Å². The van der Waals surface area contributed by atoms with E-state index in [4.69, 9.17) is 5.73 Å². The first kappa shape index (κ1) is 15.8. The lowest BCUT2D eigenvalue weighted by Gasteiger charge is -2.39. The van der Waals surface area contributed by atoms with Gasteiger partial charge in [-0.15, -0.1) is 0 Å². The molecule has 1 aromatic rings. The molecule has 0 spiro atoms. The number of thioether (sulfide) groups is 1. The zero-order chi connectivity index (χ0) is 15.4. The molecule has 120 valence electrons. The van der Waals surface area contributed by atoms with Gasteiger partial charge in [0.25, 0.3) is 0 Å². The minimum atomic E-state index is -0.146. The molecule has 2 heterocycles. The second-order valence-electron chi connectivity index (χ2n) is 6.15. The van der Waals surface area contributed by atoms with Crippen LogP contribution in [-0.2, 0) is 4.79 Å². The molecule has 0 aliphatic carbocycles. The number of hydrogen-bond donors (Lipinski definition) is 1. The molecule has 0 bridgehead atoms. The van der Waals surface area contributed by atoms with Gasteiger partial charge in [0.05, 0.1) is 0 Å². The number of hydrogen-bond acceptors (Lipinski definition) is 4. The molecule has 22 heavy (non-hydrogen) atoms. The van der Waals surface area contributed by atoms with Crippen LogP contribution in [0, 0.1) is 0 Å². The van der Waals surface area contributed by atoms with E-state index in [0.29, 0.717) is 6.54 Å². The second-order valence-corrected chi connectivity index (χ2v) is 7.37. The first-order chi connectivity index (χ1) is 10.8. The van der Waals surface area contributed by atoms with Crippen molar-refractivity contribution < 1.29 is 4.79 Å². The van der Waals surface area contributed by atoms with Crippen molar-refractivity contribution in [1.29, 1.82) is 0 Å². The van der Waals surface area contributed by atoms with E-state index in [1.165, 1.54) is 0 Å². The fourth-order valence-electron chi connectivity index (χ4n) is 3.36. The summed E-state index contributed by atoms with van der Waals surface area (Å²) in [7, 11) is 0. The molecule has 0 saturated carbocycles. The lowest BCUT2D eigenvalue weighted by molar-refractivity contribution is -0.138. The van der Waals surface area contributed by atoms with Crippen LogP contribution >= 0.6 is 11.8 Å². The molecule has 2 N–H and O–H groups in total. The number of likely N-dealkylation sites (tertiary alicyclic amines) is 1. The predicted molar refractivity (Wildman–Crippen MR) is 91.9 cm³/mol. The van der Waals surface area contributed by atoms with Gasteiger partial charge in [-0.25, -0.2) is 0 Å². The molecule has 2 unspecified atom stereocenters. The zero-order valence-electron chi connectivity index (χ0n) is 13.0. The van der Waals surface area contributed by atoms with Crippen LogP contribution in [0.1, 0.15) is 24.4 Å². The van der Waals surface area contributed by atoms with Crippen molar-refractivity contribution in [3.05, 3.63) is 35.9 Å². The third-order valence-electron chi connectivity index (χ3n) is 4.53. The van der Waals surface area contributed by atoms with Crippen LogP contribution in [0.25, 0.3) is 0 Å². The molecular formula is C17H25N3OS. The van der Waals surface area contributed by atoms with Crippen molar-refractivity contribution in [1.82, 2.24) is 9.80 Å². The van der Waals surface area contributed by atoms with Gasteiger partial charge in [0, 0.05) is 43.7 Å². The third kappa shape index (κ3) is 3.65. The Labute approximate surface area is 137 Å². The summed E-state index contributed by atoms with van der Waals surface area (Å²) in [6.07, 6.45) is 2.05. The molecule has 0 radical (unpaired) electrons. The van der Waals surface area contributed by atoms with Gasteiger partial charge in [0.15, 0.2) is 0 Å². The lowest BCUT2D eigenvalue weighted by Crippen LogP contribution is -2.51. The van der Waals surface area contributed by atoms with E-state index in [0.717, 1.165) is 49.5 Å². The summed E-state index contributed by atoms with van der Waals surface area (Å²) in [5, 5.41) is 0. The lowest BCUT2D eigenvalue weighted by atomic mass is 10.0. The Kier molecular flexibility index (Phi) is 5.39. The first-order valence-corrected chi connectivity index (χ1v) is 9.32. The molecule has 4 nitrogen and oxygen atoms in total. The average Bonchev–Trinajstić information content (AvgIpc) is 2.57. The largest absolute Gasteiger partial charge is 0.339 e. The molecule has 2 fully saturated rings. The summed E-state index contributed by atoms with van der Waals surface area (Å²) in [6, 6.07) is 10.2. The van der Waals surface area contributed by atoms with Gasteiger partial charge in [-0.3, -0.25) is 9.69 Å². The number of amides is 1. The Morgan fingerprint density at radius 1 is 1.18 bits per heavy atom. The van der Waals surface area contributed by atoms with E-state index in [9.17, 15) is 4.79 Å². The predicted octanol–water partition coefficient (Wildman–Crippen LogP) is 1.73. The van der Waals surface area contributed by atoms with E-state index in [-0.39, 0.29) is 18.0 Å². The Bertz CT molecular complexity index is 490. The highest BCUT2D eigenvalue weighted by Crippen LogP contribution is 2.27. The van der Waals surface area contributed by atoms with Crippen LogP contribution in [0.4, 0.5) is 0 Å². The molecule has 5 heteroatoms. The molecule has 2 atom stereocenters. The van der Waals surface area contributed by atoms with Crippen LogP contribution in [0.2, 0.25) is 0 Å². The monoisotopic (exact) mass is 319 g/mol. The summed E-state index contributed by atoms with van der Waals surface area (Å²) in [6.45, 7) is 3.51. The zero-order valence-corrected chi connectivity index (χ0v) is 13.8. The molecule has 2 aliphatic rings. The number of carbonyl (C=O) groups excluding carboxylic acids is 1. The molecular weight excluding hydrogens is 294 g/mol. The van der Waals surface area contributed by atoms with Gasteiger partial charge in [-0.2, -0.15) is 11.8 Å².